The van der Waals surface area contributed by atoms with Crippen LogP contribution < -0.4 is 32.7 Å². The number of benzene rings is 2. The monoisotopic (exact) mass is 1750 g/mol. The maximum absolute atomic E-state index is 14.3. The Balaban J connectivity index is 0.000000286. The van der Waals surface area contributed by atoms with Gasteiger partial charge in [-0.05, 0) is 226 Å². The molecule has 0 radical (unpaired) electrons. The first-order valence-electron chi connectivity index (χ1n) is 48.8. The summed E-state index contributed by atoms with van der Waals surface area (Å²) in [5.41, 5.74) is 13.0. The van der Waals surface area contributed by atoms with Gasteiger partial charge in [-0.1, -0.05) is 189 Å². The second kappa shape index (κ2) is 45.3. The molecule has 4 saturated heterocycles. The molecule has 126 heavy (non-hydrogen) atoms. The summed E-state index contributed by atoms with van der Waals surface area (Å²) in [4.78, 5) is 143. The van der Waals surface area contributed by atoms with E-state index < -0.39 is 97.5 Å². The van der Waals surface area contributed by atoms with Crippen LogP contribution in [0.2, 0.25) is 11.6 Å². The molecule has 4 heterocycles. The number of ketones is 4. The molecule has 0 aromatic heterocycles. The van der Waals surface area contributed by atoms with Gasteiger partial charge in [-0.25, -0.2) is 0 Å². The summed E-state index contributed by atoms with van der Waals surface area (Å²) in [6.45, 7) is 41.8. The van der Waals surface area contributed by atoms with E-state index in [-0.39, 0.29) is 136 Å². The van der Waals surface area contributed by atoms with Gasteiger partial charge in [-0.3, -0.25) is 47.9 Å². The average molecular weight is 1750 g/mol. The van der Waals surface area contributed by atoms with E-state index >= 15 is 0 Å². The molecule has 26 heteroatoms. The summed E-state index contributed by atoms with van der Waals surface area (Å²) in [7, 11) is -0.999. The van der Waals surface area contributed by atoms with Crippen molar-refractivity contribution in [2.24, 2.45) is 69.6 Å². The first kappa shape index (κ1) is 103. The van der Waals surface area contributed by atoms with Gasteiger partial charge in [0.1, 0.15) is 12.1 Å². The van der Waals surface area contributed by atoms with Crippen LogP contribution in [0, 0.1) is 58.2 Å². The number of unbranched alkanes of at least 4 members (excludes halogenated alkanes) is 6. The Morgan fingerprint density at radius 2 is 0.825 bits per heavy atom. The summed E-state index contributed by atoms with van der Waals surface area (Å²) >= 11 is 0. The van der Waals surface area contributed by atoms with Crippen molar-refractivity contribution in [1.29, 1.82) is 0 Å². The molecule has 24 nitrogen and oxygen atoms in total. The van der Waals surface area contributed by atoms with Crippen molar-refractivity contribution in [2.45, 2.75) is 399 Å². The summed E-state index contributed by atoms with van der Waals surface area (Å²) in [6.07, 6.45) is 15.4. The molecule has 20 atom stereocenters. The van der Waals surface area contributed by atoms with E-state index in [0.717, 1.165) is 89.9 Å². The van der Waals surface area contributed by atoms with Crippen LogP contribution in [0.25, 0.3) is 0 Å². The highest BCUT2D eigenvalue weighted by atomic mass is 16.7. The summed E-state index contributed by atoms with van der Waals surface area (Å²) < 4.78 is 32.6. The van der Waals surface area contributed by atoms with Crippen molar-refractivity contribution >= 4 is 72.8 Å². The maximum atomic E-state index is 14.3. The topological polar surface area (TPSA) is 344 Å². The lowest BCUT2D eigenvalue weighted by molar-refractivity contribution is -0.199. The smallest absolute Gasteiger partial charge is 0.405 e. The first-order valence-corrected chi connectivity index (χ1v) is 48.8. The predicted molar refractivity (Wildman–Crippen MR) is 495 cm³/mol. The number of Topliss-reactive ketones (excluding diaryl/α,β-unsaturated/α-hetero) is 4. The average Bonchev–Trinajstić information content (AvgIpc) is 1.45. The summed E-state index contributed by atoms with van der Waals surface area (Å²) in [5, 5.41) is 22.5. The fourth-order valence-corrected chi connectivity index (χ4v) is 22.2. The Morgan fingerprint density at radius 3 is 1.18 bits per heavy atom. The van der Waals surface area contributed by atoms with Gasteiger partial charge < -0.3 is 71.0 Å². The quantitative estimate of drug-likeness (QED) is 0.0239. The van der Waals surface area contributed by atoms with E-state index in [1.54, 1.807) is 20.8 Å². The predicted octanol–water partition coefficient (Wildman–Crippen LogP) is 14.4. The molecule has 0 unspecified atom stereocenters. The number of aliphatic hydroxyl groups is 1. The highest BCUT2D eigenvalue weighted by Gasteiger charge is 2.70. The third-order valence-corrected chi connectivity index (χ3v) is 31.2. The number of carbonyl (C=O) groups excluding carboxylic acids is 10. The van der Waals surface area contributed by atoms with Gasteiger partial charge in [-0.2, -0.15) is 0 Å². The van der Waals surface area contributed by atoms with E-state index in [1.165, 1.54) is 18.1 Å². The molecule has 0 spiro atoms. The van der Waals surface area contributed by atoms with Crippen LogP contribution in [-0.4, -0.2) is 192 Å². The van der Waals surface area contributed by atoms with Gasteiger partial charge >= 0.3 is 14.2 Å². The Kier molecular flexibility index (Phi) is 37.2. The normalized spacial score (nSPS) is 26.4. The number of nitrogens with two attached hydrogens (primary N) is 2. The highest BCUT2D eigenvalue weighted by molar-refractivity contribution is 6.48. The molecule has 6 amide bonds. The van der Waals surface area contributed by atoms with Crippen molar-refractivity contribution in [3.8, 4) is 0 Å². The molecule has 9 N–H and O–H groups in total. The van der Waals surface area contributed by atoms with Crippen molar-refractivity contribution < 1.29 is 76.4 Å². The number of rotatable bonds is 47. The summed E-state index contributed by atoms with van der Waals surface area (Å²) in [6, 6.07) is 17.0. The number of carbonyl (C=O) groups is 10. The Labute approximate surface area is 756 Å². The van der Waals surface area contributed by atoms with Gasteiger partial charge in [0.05, 0.1) is 53.3 Å². The fraction of sp³-hybridized carbons (Fsp3) is 0.780. The number of aliphatic hydroxyl groups excluding tert-OH is 1. The van der Waals surface area contributed by atoms with E-state index in [2.05, 4.69) is 127 Å². The van der Waals surface area contributed by atoms with Gasteiger partial charge in [-0.15, -0.1) is 0 Å². The molecule has 2 aromatic rings. The largest absolute Gasteiger partial charge is 0.461 e. The molecule has 6 aliphatic carbocycles. The summed E-state index contributed by atoms with van der Waals surface area (Å²) in [5.74, 6) is -4.20. The van der Waals surface area contributed by atoms with Crippen molar-refractivity contribution in [3.05, 3.63) is 71.8 Å². The van der Waals surface area contributed by atoms with Gasteiger partial charge in [0.25, 0.3) is 0 Å². The van der Waals surface area contributed by atoms with E-state index in [1.807, 2.05) is 68.7 Å². The van der Waals surface area contributed by atoms with Crippen LogP contribution in [-0.2, 0) is 82.1 Å². The number of likely N-dealkylation sites (tertiary alicyclic amines) is 2. The lowest BCUT2D eigenvalue weighted by atomic mass is 9.43. The maximum Gasteiger partial charge on any atom is 0.461 e. The number of nitrogens with zero attached hydrogens (tertiary/aromatic N) is 2. The second-order valence-corrected chi connectivity index (χ2v) is 42.9. The Bertz CT molecular complexity index is 3940. The zero-order valence-electron chi connectivity index (χ0n) is 80.5. The number of amides is 6. The minimum Gasteiger partial charge on any atom is -0.405 e. The van der Waals surface area contributed by atoms with E-state index in [0.29, 0.717) is 114 Å². The molecule has 704 valence electrons. The molecule has 6 saturated carbocycles. The van der Waals surface area contributed by atoms with Gasteiger partial charge in [0.2, 0.25) is 35.4 Å². The van der Waals surface area contributed by atoms with E-state index in [9.17, 15) is 53.1 Å². The molecule has 12 rings (SSSR count). The minimum atomic E-state index is -1.28. The van der Waals surface area contributed by atoms with Crippen LogP contribution in [0.4, 0.5) is 0 Å². The Morgan fingerprint density at radius 1 is 0.468 bits per heavy atom. The lowest BCUT2D eigenvalue weighted by Gasteiger charge is -2.64. The zero-order valence-corrected chi connectivity index (χ0v) is 80.5. The van der Waals surface area contributed by atoms with Crippen molar-refractivity contribution in [1.82, 2.24) is 31.1 Å². The fourth-order valence-electron chi connectivity index (χ4n) is 22.2. The number of hydrogen-bond donors (Lipinski definition) is 7. The molecular weight excluding hydrogens is 1590 g/mol. The van der Waals surface area contributed by atoms with Crippen molar-refractivity contribution in [2.75, 3.05) is 39.3 Å². The van der Waals surface area contributed by atoms with E-state index in [4.69, 9.17) is 34.8 Å². The van der Waals surface area contributed by atoms with Crippen LogP contribution >= 0.6 is 0 Å². The third kappa shape index (κ3) is 25.9. The lowest BCUT2D eigenvalue weighted by Crippen LogP contribution is -2.65. The van der Waals surface area contributed by atoms with Crippen LogP contribution in [0.3, 0.4) is 0 Å². The van der Waals surface area contributed by atoms with Crippen molar-refractivity contribution in [3.63, 3.8) is 0 Å². The zero-order chi connectivity index (χ0) is 92.6. The third-order valence-electron chi connectivity index (χ3n) is 31.2. The highest BCUT2D eigenvalue weighted by Crippen LogP contribution is 2.67. The number of ether oxygens (including phenoxy) is 1. The van der Waals surface area contributed by atoms with Gasteiger partial charge in [0.15, 0.2) is 23.1 Å². The minimum absolute atomic E-state index is 0.00209. The molecule has 10 fully saturated rings. The molecule has 10 aliphatic rings. The van der Waals surface area contributed by atoms with Crippen LogP contribution in [0.1, 0.15) is 322 Å². The standard InChI is InChI=1S/C53H86BN3O8.C47H76BN5O8/c1-13-15-18-22-38(32-46(60)57-28-26-52(11,27-29-57)39-23-20-17-21-24-39)49(62)56-47(37(5)63-50(6,7)8)43(59)30-35(3)48(61)55-41(25-19-16-14-2)42(58)31-36(4)54-64-45-34-40-33-44(51(40,9)10)53(45,12)65-54;1-30(43(58)51-36(18-12-14-22-50)37(55)26-31(2)48-60-40-29-35-28-39(45(35,4)5)47(40,7)61-48)25-38(56)42(32(3)54)52-44(59)33(15-11-13-21-49)27-41(57)53-23-19-46(6,20-24-53)34-16-9-8-10-17-34/h17,20-21,23-24,35-38,40-41,44-45,47H,13-16,18-19,22,25-34H2,1-12H3,(H,55,61)(H,56,62);8-10,16-17,30-33,35-36,39-40,42,54H,11-15,18-29,49-50H2,1-7H3,(H,51,58)(H,52,59)/t35-,36-,37-,38-,40+,41+,44+,45-,47+,53+;30-,31-,32-,33-,35+,36+,39+,40-,42+,47+/m11/s1. The molecule has 4 aliphatic heterocycles. The molecule has 4 bridgehead atoms. The van der Waals surface area contributed by atoms with Gasteiger partial charge in [0, 0.05) is 88.4 Å². The Hall–Kier alpha value is -6.25. The second-order valence-electron chi connectivity index (χ2n) is 42.9. The molecular formula is C100H162B2N8O16. The van der Waals surface area contributed by atoms with Crippen LogP contribution in [0.5, 0.6) is 0 Å². The van der Waals surface area contributed by atoms with Crippen LogP contribution in [0.15, 0.2) is 60.7 Å². The number of piperidine rings is 2. The number of nitrogens with one attached hydrogen (secondary N) is 4. The first-order chi connectivity index (χ1) is 59.4. The molecule has 2 aromatic carbocycles. The SMILES string of the molecule is CCCCC[C@H](CC(=O)N1CCC(C)(c2ccccc2)CC1)C(=O)N[C@H](C(=O)C[C@@H](C)C(=O)N[C@@H](CCCCC)C(=O)C[C@@H](C)B1O[C@@H]2C[C@@H]3C[C@@H](C3(C)C)[C@]2(C)O1)[C@@H](C)OC(C)(C)C.C[C@H](CC(=O)[C@H](CCCCN)NC(=O)[C@H](C)CC(=O)[C@@H](NC(=O)[C@H](CCCCN)CC(=O)N1CCC(C)(c2ccccc2)CC1)[C@@H](C)O)B1O[C@@H]2C[C@@H]3C[C@@H](C3(C)C)[C@]2(C)O1. The number of hydrogen-bond acceptors (Lipinski definition) is 18.